The van der Waals surface area contributed by atoms with E-state index in [-0.39, 0.29) is 24.0 Å². The number of carbonyl (C=O) groups is 1. The lowest BCUT2D eigenvalue weighted by molar-refractivity contribution is -0.244. The maximum atomic E-state index is 12.1. The molecule has 0 N–H and O–H groups in total. The molecule has 0 aliphatic rings. The van der Waals surface area contributed by atoms with Gasteiger partial charge in [-0.1, -0.05) is 0 Å². The van der Waals surface area contributed by atoms with Crippen molar-refractivity contribution in [2.24, 2.45) is 0 Å². The topological polar surface area (TPSA) is 72.5 Å². The first kappa shape index (κ1) is 18.1. The van der Waals surface area contributed by atoms with Crippen molar-refractivity contribution in [2.45, 2.75) is 19.4 Å². The lowest BCUT2D eigenvalue weighted by atomic mass is 10.1. The van der Waals surface area contributed by atoms with Gasteiger partial charge in [-0.15, -0.1) is 0 Å². The normalized spacial score (nSPS) is 11.7. The van der Waals surface area contributed by atoms with Gasteiger partial charge in [0.2, 0.25) is 5.75 Å². The summed E-state index contributed by atoms with van der Waals surface area (Å²) in [4.78, 5) is 21.7. The Labute approximate surface area is 129 Å². The molecule has 0 radical (unpaired) electrons. The van der Waals surface area contributed by atoms with Crippen LogP contribution in [0.5, 0.6) is 17.2 Å². The minimum atomic E-state index is -0.678. The third-order valence-electron chi connectivity index (χ3n) is 3.07. The Morgan fingerprint density at radius 2 is 1.73 bits per heavy atom. The van der Waals surface area contributed by atoms with Crippen molar-refractivity contribution in [3.05, 3.63) is 17.7 Å². The summed E-state index contributed by atoms with van der Waals surface area (Å²) < 4.78 is 20.6. The second-order valence-corrected chi connectivity index (χ2v) is 4.41. The van der Waals surface area contributed by atoms with E-state index in [1.165, 1.54) is 27.4 Å². The molecule has 0 saturated heterocycles. The van der Waals surface area contributed by atoms with Gasteiger partial charge in [-0.25, -0.2) is 4.79 Å². The Morgan fingerprint density at radius 1 is 1.05 bits per heavy atom. The fraction of sp³-hybridized carbons (Fsp3) is 0.533. The number of hydrogen-bond donors (Lipinski definition) is 0. The zero-order valence-corrected chi connectivity index (χ0v) is 13.5. The first-order chi connectivity index (χ1) is 10.6. The summed E-state index contributed by atoms with van der Waals surface area (Å²) in [5.41, 5.74) is 0.180. The average Bonchev–Trinajstić information content (AvgIpc) is 2.56. The van der Waals surface area contributed by atoms with E-state index in [0.717, 1.165) is 0 Å². The molecule has 1 atom stereocenters. The fourth-order valence-electron chi connectivity index (χ4n) is 1.73. The van der Waals surface area contributed by atoms with Crippen LogP contribution in [0.25, 0.3) is 0 Å². The van der Waals surface area contributed by atoms with Crippen molar-refractivity contribution in [1.29, 1.82) is 0 Å². The molecule has 22 heavy (non-hydrogen) atoms. The summed E-state index contributed by atoms with van der Waals surface area (Å²) in [7, 11) is 5.98. The molecule has 0 bridgehead atoms. The van der Waals surface area contributed by atoms with E-state index in [4.69, 9.17) is 28.7 Å². The Morgan fingerprint density at radius 3 is 2.27 bits per heavy atom. The van der Waals surface area contributed by atoms with Crippen LogP contribution in [-0.2, 0) is 14.5 Å². The van der Waals surface area contributed by atoms with Gasteiger partial charge in [-0.3, -0.25) is 4.89 Å². The highest BCUT2D eigenvalue weighted by Gasteiger charge is 2.22. The first-order valence-corrected chi connectivity index (χ1v) is 6.74. The molecular formula is C15H22O7. The van der Waals surface area contributed by atoms with Crippen molar-refractivity contribution in [1.82, 2.24) is 0 Å². The molecule has 1 aromatic rings. The summed E-state index contributed by atoms with van der Waals surface area (Å²) in [5, 5.41) is 0. The zero-order chi connectivity index (χ0) is 16.5. The minimum Gasteiger partial charge on any atom is -0.493 e. The second-order valence-electron chi connectivity index (χ2n) is 4.41. The van der Waals surface area contributed by atoms with Crippen molar-refractivity contribution in [2.75, 3.05) is 35.0 Å². The van der Waals surface area contributed by atoms with Gasteiger partial charge in [-0.2, -0.15) is 4.89 Å². The van der Waals surface area contributed by atoms with Gasteiger partial charge in [0.25, 0.3) is 0 Å². The predicted octanol–water partition coefficient (Wildman–Crippen LogP) is 2.23. The molecule has 0 heterocycles. The highest BCUT2D eigenvalue weighted by Crippen LogP contribution is 2.39. The van der Waals surface area contributed by atoms with Gasteiger partial charge in [-0.05, 0) is 19.1 Å². The highest BCUT2D eigenvalue weighted by molar-refractivity contribution is 5.93. The minimum absolute atomic E-state index is 0.0225. The first-order valence-electron chi connectivity index (χ1n) is 6.74. The van der Waals surface area contributed by atoms with Gasteiger partial charge in [0, 0.05) is 13.5 Å². The molecule has 124 valence electrons. The maximum Gasteiger partial charge on any atom is 0.376 e. The maximum absolute atomic E-state index is 12.1. The van der Waals surface area contributed by atoms with Gasteiger partial charge in [0.05, 0.1) is 34.0 Å². The predicted molar refractivity (Wildman–Crippen MR) is 78.6 cm³/mol. The summed E-state index contributed by atoms with van der Waals surface area (Å²) in [6.07, 6.45) is 0.627. The van der Waals surface area contributed by atoms with Gasteiger partial charge in [0.1, 0.15) is 5.56 Å². The standard InChI is InChI=1S/C15H22O7/c1-10(17-2)8-9-21-22-15(16)11-6-7-12(18-3)14(20-5)13(11)19-4/h6-7,10H,8-9H2,1-5H3. The molecule has 0 aliphatic heterocycles. The largest absolute Gasteiger partial charge is 0.493 e. The Hall–Kier alpha value is -1.99. The van der Waals surface area contributed by atoms with Crippen molar-refractivity contribution >= 4 is 5.97 Å². The Kier molecular flexibility index (Phi) is 7.48. The van der Waals surface area contributed by atoms with Gasteiger partial charge < -0.3 is 18.9 Å². The number of methoxy groups -OCH3 is 4. The van der Waals surface area contributed by atoms with Gasteiger partial charge in [0.15, 0.2) is 11.5 Å². The molecule has 0 aromatic heterocycles. The number of carbonyl (C=O) groups excluding carboxylic acids is 1. The molecule has 0 spiro atoms. The smallest absolute Gasteiger partial charge is 0.376 e. The number of rotatable bonds is 9. The molecule has 1 aromatic carbocycles. The third kappa shape index (κ3) is 4.51. The van der Waals surface area contributed by atoms with E-state index in [2.05, 4.69) is 0 Å². The van der Waals surface area contributed by atoms with Crippen LogP contribution in [0.1, 0.15) is 23.7 Å². The number of benzene rings is 1. The van der Waals surface area contributed by atoms with E-state index in [9.17, 15) is 4.79 Å². The monoisotopic (exact) mass is 314 g/mol. The summed E-state index contributed by atoms with van der Waals surface area (Å²) >= 11 is 0. The van der Waals surface area contributed by atoms with Crippen LogP contribution >= 0.6 is 0 Å². The van der Waals surface area contributed by atoms with Gasteiger partial charge >= 0.3 is 5.97 Å². The lowest BCUT2D eigenvalue weighted by Gasteiger charge is -2.14. The molecule has 7 heteroatoms. The van der Waals surface area contributed by atoms with Crippen molar-refractivity contribution in [3.8, 4) is 17.2 Å². The van der Waals surface area contributed by atoms with Crippen LogP contribution in [0.15, 0.2) is 12.1 Å². The molecule has 1 unspecified atom stereocenters. The summed E-state index contributed by atoms with van der Waals surface area (Å²) in [6.45, 7) is 2.12. The van der Waals surface area contributed by atoms with Crippen LogP contribution < -0.4 is 14.2 Å². The third-order valence-corrected chi connectivity index (χ3v) is 3.07. The Bertz CT molecular complexity index is 487. The molecule has 7 nitrogen and oxygen atoms in total. The van der Waals surface area contributed by atoms with Crippen LogP contribution in [0.4, 0.5) is 0 Å². The van der Waals surface area contributed by atoms with Crippen LogP contribution in [0.2, 0.25) is 0 Å². The SMILES string of the molecule is COc1ccc(C(=O)OOCCC(C)OC)c(OC)c1OC. The molecule has 0 saturated carbocycles. The van der Waals surface area contributed by atoms with Crippen molar-refractivity contribution < 1.29 is 33.5 Å². The summed E-state index contributed by atoms with van der Waals surface area (Å²) in [6, 6.07) is 3.11. The molecule has 0 amide bonds. The molecule has 0 fully saturated rings. The van der Waals surface area contributed by atoms with E-state index in [1.54, 1.807) is 13.2 Å². The van der Waals surface area contributed by atoms with Crippen LogP contribution in [-0.4, -0.2) is 47.1 Å². The van der Waals surface area contributed by atoms with E-state index in [1.807, 2.05) is 6.92 Å². The molecule has 0 aliphatic carbocycles. The van der Waals surface area contributed by atoms with E-state index >= 15 is 0 Å². The summed E-state index contributed by atoms with van der Waals surface area (Å²) in [5.74, 6) is 0.307. The fourth-order valence-corrected chi connectivity index (χ4v) is 1.73. The van der Waals surface area contributed by atoms with Crippen molar-refractivity contribution in [3.63, 3.8) is 0 Å². The zero-order valence-electron chi connectivity index (χ0n) is 13.5. The Balaban J connectivity index is 2.76. The molecular weight excluding hydrogens is 292 g/mol. The highest BCUT2D eigenvalue weighted by atomic mass is 17.2. The average molecular weight is 314 g/mol. The van der Waals surface area contributed by atoms with Crippen LogP contribution in [0, 0.1) is 0 Å². The second kappa shape index (κ2) is 9.11. The molecule has 1 rings (SSSR count). The van der Waals surface area contributed by atoms with E-state index < -0.39 is 5.97 Å². The quantitative estimate of drug-likeness (QED) is 0.393. The van der Waals surface area contributed by atoms with Crippen LogP contribution in [0.3, 0.4) is 0 Å². The van der Waals surface area contributed by atoms with E-state index in [0.29, 0.717) is 17.9 Å². The number of hydrogen-bond acceptors (Lipinski definition) is 7. The number of ether oxygens (including phenoxy) is 4. The lowest BCUT2D eigenvalue weighted by Crippen LogP contribution is -2.13.